The third kappa shape index (κ3) is 3.05. The van der Waals surface area contributed by atoms with E-state index >= 15 is 0 Å². The molecule has 0 spiro atoms. The molecule has 0 heterocycles. The van der Waals surface area contributed by atoms with Crippen molar-refractivity contribution < 1.29 is 8.78 Å². The second kappa shape index (κ2) is 5.33. The lowest BCUT2D eigenvalue weighted by Crippen LogP contribution is -2.15. The second-order valence-electron chi connectivity index (χ2n) is 6.02. The van der Waals surface area contributed by atoms with Crippen LogP contribution < -0.4 is 5.73 Å². The molecule has 0 saturated heterocycles. The van der Waals surface area contributed by atoms with Crippen molar-refractivity contribution in [3.8, 4) is 0 Å². The molecule has 1 nitrogen and oxygen atoms in total. The van der Waals surface area contributed by atoms with Crippen molar-refractivity contribution in [2.24, 2.45) is 5.73 Å². The summed E-state index contributed by atoms with van der Waals surface area (Å²) in [4.78, 5) is 0. The summed E-state index contributed by atoms with van der Waals surface area (Å²) in [6.07, 6.45) is 0. The predicted octanol–water partition coefficient (Wildman–Crippen LogP) is 4.31. The quantitative estimate of drug-likeness (QED) is 0.868. The molecular formula is C17H19F2N. The Labute approximate surface area is 118 Å². The van der Waals surface area contributed by atoms with E-state index in [0.29, 0.717) is 0 Å². The van der Waals surface area contributed by atoms with E-state index in [0.717, 1.165) is 23.8 Å². The Morgan fingerprint density at radius 3 is 2.10 bits per heavy atom. The zero-order valence-corrected chi connectivity index (χ0v) is 12.0. The summed E-state index contributed by atoms with van der Waals surface area (Å²) >= 11 is 0. The molecule has 0 aromatic heterocycles. The van der Waals surface area contributed by atoms with Gasteiger partial charge in [0.2, 0.25) is 0 Å². The number of halogens is 2. The minimum atomic E-state index is -0.667. The predicted molar refractivity (Wildman–Crippen MR) is 77.5 cm³/mol. The van der Waals surface area contributed by atoms with E-state index in [-0.39, 0.29) is 11.0 Å². The van der Waals surface area contributed by atoms with Crippen LogP contribution in [0.5, 0.6) is 0 Å². The standard InChI is InChI=1S/C17H19F2N/c1-17(2,3)12-6-4-11(5-7-12)16(20)14-10-13(18)8-9-15(14)19/h4-10,16H,20H2,1-3H3. The number of hydrogen-bond acceptors (Lipinski definition) is 1. The average Bonchev–Trinajstić information content (AvgIpc) is 2.40. The lowest BCUT2D eigenvalue weighted by atomic mass is 9.86. The first-order valence-electron chi connectivity index (χ1n) is 6.60. The third-order valence-electron chi connectivity index (χ3n) is 3.43. The van der Waals surface area contributed by atoms with Gasteiger partial charge in [-0.15, -0.1) is 0 Å². The fourth-order valence-corrected chi connectivity index (χ4v) is 2.12. The molecule has 3 heteroatoms. The van der Waals surface area contributed by atoms with Crippen molar-refractivity contribution in [2.75, 3.05) is 0 Å². The molecule has 0 bridgehead atoms. The van der Waals surface area contributed by atoms with Gasteiger partial charge in [-0.1, -0.05) is 45.0 Å². The summed E-state index contributed by atoms with van der Waals surface area (Å²) < 4.78 is 26.9. The minimum Gasteiger partial charge on any atom is -0.320 e. The lowest BCUT2D eigenvalue weighted by Gasteiger charge is -2.20. The Bertz CT molecular complexity index is 597. The molecule has 0 amide bonds. The van der Waals surface area contributed by atoms with Crippen LogP contribution in [0.1, 0.15) is 43.5 Å². The lowest BCUT2D eigenvalue weighted by molar-refractivity contribution is 0.575. The smallest absolute Gasteiger partial charge is 0.128 e. The highest BCUT2D eigenvalue weighted by Gasteiger charge is 2.17. The molecule has 1 atom stereocenters. The molecular weight excluding hydrogens is 256 g/mol. The zero-order chi connectivity index (χ0) is 14.9. The van der Waals surface area contributed by atoms with Crippen LogP contribution in [0.4, 0.5) is 8.78 Å². The van der Waals surface area contributed by atoms with Gasteiger partial charge in [0, 0.05) is 5.56 Å². The molecule has 0 aliphatic rings. The summed E-state index contributed by atoms with van der Waals surface area (Å²) in [5, 5.41) is 0. The van der Waals surface area contributed by atoms with Crippen LogP contribution >= 0.6 is 0 Å². The third-order valence-corrected chi connectivity index (χ3v) is 3.43. The Morgan fingerprint density at radius 1 is 0.950 bits per heavy atom. The normalized spacial score (nSPS) is 13.3. The van der Waals surface area contributed by atoms with Gasteiger partial charge >= 0.3 is 0 Å². The van der Waals surface area contributed by atoms with Gasteiger partial charge in [-0.3, -0.25) is 0 Å². The van der Waals surface area contributed by atoms with Gasteiger partial charge in [0.25, 0.3) is 0 Å². The van der Waals surface area contributed by atoms with Crippen molar-refractivity contribution in [1.29, 1.82) is 0 Å². The first-order valence-corrected chi connectivity index (χ1v) is 6.60. The summed E-state index contributed by atoms with van der Waals surface area (Å²) in [7, 11) is 0. The molecule has 2 rings (SSSR count). The highest BCUT2D eigenvalue weighted by atomic mass is 19.1. The van der Waals surface area contributed by atoms with Gasteiger partial charge in [0.1, 0.15) is 11.6 Å². The summed E-state index contributed by atoms with van der Waals surface area (Å²) in [6, 6.07) is 10.4. The maximum atomic E-state index is 13.7. The van der Waals surface area contributed by atoms with Gasteiger partial charge < -0.3 is 5.73 Å². The van der Waals surface area contributed by atoms with Crippen molar-refractivity contribution in [3.63, 3.8) is 0 Å². The zero-order valence-electron chi connectivity index (χ0n) is 12.0. The molecule has 0 aliphatic heterocycles. The van der Waals surface area contributed by atoms with E-state index in [9.17, 15) is 8.78 Å². The molecule has 2 aromatic carbocycles. The molecule has 0 radical (unpaired) electrons. The Kier molecular flexibility index (Phi) is 3.91. The number of benzene rings is 2. The van der Waals surface area contributed by atoms with Crippen LogP contribution in [0.15, 0.2) is 42.5 Å². The average molecular weight is 275 g/mol. The van der Waals surface area contributed by atoms with Crippen LogP contribution in [0.25, 0.3) is 0 Å². The monoisotopic (exact) mass is 275 g/mol. The summed E-state index contributed by atoms with van der Waals surface area (Å²) in [6.45, 7) is 6.36. The Morgan fingerprint density at radius 2 is 1.55 bits per heavy atom. The maximum absolute atomic E-state index is 13.7. The molecule has 106 valence electrons. The number of rotatable bonds is 2. The van der Waals surface area contributed by atoms with Crippen LogP contribution in [-0.2, 0) is 5.41 Å². The van der Waals surface area contributed by atoms with Crippen LogP contribution in [-0.4, -0.2) is 0 Å². The SMILES string of the molecule is CC(C)(C)c1ccc(C(N)c2cc(F)ccc2F)cc1. The minimum absolute atomic E-state index is 0.0483. The Balaban J connectivity index is 2.34. The van der Waals surface area contributed by atoms with E-state index < -0.39 is 17.7 Å². The maximum Gasteiger partial charge on any atom is 0.128 e. The van der Waals surface area contributed by atoms with Crippen molar-refractivity contribution in [3.05, 3.63) is 70.8 Å². The summed E-state index contributed by atoms with van der Waals surface area (Å²) in [5.74, 6) is -0.970. The van der Waals surface area contributed by atoms with E-state index in [1.165, 1.54) is 5.56 Å². The second-order valence-corrected chi connectivity index (χ2v) is 6.02. The molecule has 20 heavy (non-hydrogen) atoms. The van der Waals surface area contributed by atoms with Gasteiger partial charge in [0.15, 0.2) is 0 Å². The van der Waals surface area contributed by atoms with Crippen LogP contribution in [0, 0.1) is 11.6 Å². The topological polar surface area (TPSA) is 26.0 Å². The highest BCUT2D eigenvalue weighted by Crippen LogP contribution is 2.27. The number of hydrogen-bond donors (Lipinski definition) is 1. The van der Waals surface area contributed by atoms with Crippen LogP contribution in [0.2, 0.25) is 0 Å². The van der Waals surface area contributed by atoms with Gasteiger partial charge in [-0.2, -0.15) is 0 Å². The Hall–Kier alpha value is -1.74. The molecule has 1 unspecified atom stereocenters. The van der Waals surface area contributed by atoms with E-state index in [1.807, 2.05) is 24.3 Å². The molecule has 0 aliphatic carbocycles. The van der Waals surface area contributed by atoms with Gasteiger partial charge in [-0.05, 0) is 34.7 Å². The fourth-order valence-electron chi connectivity index (χ4n) is 2.12. The molecule has 2 N–H and O–H groups in total. The molecule has 2 aromatic rings. The molecule has 0 saturated carbocycles. The van der Waals surface area contributed by atoms with E-state index in [2.05, 4.69) is 20.8 Å². The van der Waals surface area contributed by atoms with Gasteiger partial charge in [-0.25, -0.2) is 8.78 Å². The first kappa shape index (κ1) is 14.7. The molecule has 0 fully saturated rings. The van der Waals surface area contributed by atoms with E-state index in [1.54, 1.807) is 0 Å². The van der Waals surface area contributed by atoms with Crippen molar-refractivity contribution in [2.45, 2.75) is 32.2 Å². The largest absolute Gasteiger partial charge is 0.320 e. The first-order chi connectivity index (χ1) is 9.29. The van der Waals surface area contributed by atoms with Crippen molar-refractivity contribution >= 4 is 0 Å². The summed E-state index contributed by atoms with van der Waals surface area (Å²) in [5.41, 5.74) is 8.20. The van der Waals surface area contributed by atoms with Crippen molar-refractivity contribution in [1.82, 2.24) is 0 Å². The van der Waals surface area contributed by atoms with E-state index in [4.69, 9.17) is 5.73 Å². The number of nitrogens with two attached hydrogens (primary N) is 1. The highest BCUT2D eigenvalue weighted by molar-refractivity contribution is 5.35. The van der Waals surface area contributed by atoms with Crippen LogP contribution in [0.3, 0.4) is 0 Å². The van der Waals surface area contributed by atoms with Gasteiger partial charge in [0.05, 0.1) is 6.04 Å². The fraction of sp³-hybridized carbons (Fsp3) is 0.294.